The van der Waals surface area contributed by atoms with Gasteiger partial charge < -0.3 is 5.73 Å². The lowest BCUT2D eigenvalue weighted by Crippen LogP contribution is -2.32. The SMILES string of the molecule is CC(C)(C)CNS(=O)(=O)c1ccc(CN)nc1. The van der Waals surface area contributed by atoms with E-state index in [-0.39, 0.29) is 10.3 Å². The van der Waals surface area contributed by atoms with Gasteiger partial charge in [-0.1, -0.05) is 20.8 Å². The van der Waals surface area contributed by atoms with Gasteiger partial charge in [-0.15, -0.1) is 0 Å². The van der Waals surface area contributed by atoms with Gasteiger partial charge in [0.25, 0.3) is 0 Å². The number of nitrogens with one attached hydrogen (secondary N) is 1. The average molecular weight is 257 g/mol. The van der Waals surface area contributed by atoms with Gasteiger partial charge in [-0.3, -0.25) is 4.98 Å². The van der Waals surface area contributed by atoms with Crippen molar-refractivity contribution in [2.75, 3.05) is 6.54 Å². The number of pyridine rings is 1. The van der Waals surface area contributed by atoms with Crippen LogP contribution in [0.4, 0.5) is 0 Å². The second kappa shape index (κ2) is 5.12. The van der Waals surface area contributed by atoms with Gasteiger partial charge in [-0.05, 0) is 17.5 Å². The Hall–Kier alpha value is -0.980. The topological polar surface area (TPSA) is 85.1 Å². The molecule has 0 saturated carbocycles. The van der Waals surface area contributed by atoms with E-state index in [2.05, 4.69) is 9.71 Å². The van der Waals surface area contributed by atoms with Crippen molar-refractivity contribution < 1.29 is 8.42 Å². The van der Waals surface area contributed by atoms with Crippen molar-refractivity contribution in [1.29, 1.82) is 0 Å². The molecule has 0 spiro atoms. The molecule has 17 heavy (non-hydrogen) atoms. The van der Waals surface area contributed by atoms with E-state index in [1.807, 2.05) is 20.8 Å². The summed E-state index contributed by atoms with van der Waals surface area (Å²) < 4.78 is 26.3. The molecule has 96 valence electrons. The average Bonchev–Trinajstić information content (AvgIpc) is 2.26. The molecule has 3 N–H and O–H groups in total. The van der Waals surface area contributed by atoms with Crippen molar-refractivity contribution >= 4 is 10.0 Å². The van der Waals surface area contributed by atoms with Gasteiger partial charge in [0.05, 0.1) is 5.69 Å². The highest BCUT2D eigenvalue weighted by atomic mass is 32.2. The van der Waals surface area contributed by atoms with E-state index in [0.29, 0.717) is 18.8 Å². The minimum atomic E-state index is -3.47. The lowest BCUT2D eigenvalue weighted by Gasteiger charge is -2.18. The summed E-state index contributed by atoms with van der Waals surface area (Å²) in [6, 6.07) is 3.13. The first-order valence-corrected chi connectivity index (χ1v) is 6.87. The van der Waals surface area contributed by atoms with E-state index in [4.69, 9.17) is 5.73 Å². The van der Waals surface area contributed by atoms with Gasteiger partial charge in [0.1, 0.15) is 4.90 Å². The summed E-state index contributed by atoms with van der Waals surface area (Å²) >= 11 is 0. The summed E-state index contributed by atoms with van der Waals surface area (Å²) in [4.78, 5) is 4.13. The first kappa shape index (κ1) is 14.1. The lowest BCUT2D eigenvalue weighted by molar-refractivity contribution is 0.407. The summed E-state index contributed by atoms with van der Waals surface area (Å²) in [6.45, 7) is 6.57. The summed E-state index contributed by atoms with van der Waals surface area (Å²) in [5.74, 6) is 0. The quantitative estimate of drug-likeness (QED) is 0.838. The molecule has 0 saturated heterocycles. The van der Waals surface area contributed by atoms with Crippen LogP contribution in [0.15, 0.2) is 23.2 Å². The maximum atomic E-state index is 11.9. The van der Waals surface area contributed by atoms with E-state index in [1.54, 1.807) is 6.07 Å². The normalized spacial score (nSPS) is 12.7. The monoisotopic (exact) mass is 257 g/mol. The van der Waals surface area contributed by atoms with Crippen LogP contribution in [0.25, 0.3) is 0 Å². The lowest BCUT2D eigenvalue weighted by atomic mass is 9.98. The molecular formula is C11H19N3O2S. The molecule has 6 heteroatoms. The first-order chi connectivity index (χ1) is 7.74. The third kappa shape index (κ3) is 4.41. The van der Waals surface area contributed by atoms with Crippen LogP contribution in [0, 0.1) is 5.41 Å². The molecule has 0 atom stereocenters. The molecule has 0 aliphatic rings. The number of hydrogen-bond acceptors (Lipinski definition) is 4. The number of hydrogen-bond donors (Lipinski definition) is 2. The molecule has 1 aromatic heterocycles. The van der Waals surface area contributed by atoms with Crippen LogP contribution in [-0.2, 0) is 16.6 Å². The zero-order chi connectivity index (χ0) is 13.1. The summed E-state index contributed by atoms with van der Waals surface area (Å²) in [5, 5.41) is 0. The smallest absolute Gasteiger partial charge is 0.242 e. The summed E-state index contributed by atoms with van der Waals surface area (Å²) in [7, 11) is -3.47. The summed E-state index contributed by atoms with van der Waals surface area (Å²) in [6.07, 6.45) is 1.33. The van der Waals surface area contributed by atoms with Gasteiger partial charge in [-0.2, -0.15) is 0 Å². The van der Waals surface area contributed by atoms with Gasteiger partial charge in [0, 0.05) is 19.3 Å². The number of nitrogens with two attached hydrogens (primary N) is 1. The Morgan fingerprint density at radius 2 is 2.00 bits per heavy atom. The number of sulfonamides is 1. The highest BCUT2D eigenvalue weighted by Gasteiger charge is 2.18. The van der Waals surface area contributed by atoms with Gasteiger partial charge in [0.15, 0.2) is 0 Å². The molecule has 0 unspecified atom stereocenters. The van der Waals surface area contributed by atoms with Crippen LogP contribution in [-0.4, -0.2) is 19.9 Å². The van der Waals surface area contributed by atoms with Gasteiger partial charge >= 0.3 is 0 Å². The van der Waals surface area contributed by atoms with Crippen LogP contribution in [0.3, 0.4) is 0 Å². The second-order valence-corrected chi connectivity index (χ2v) is 6.84. The van der Waals surface area contributed by atoms with Crippen LogP contribution in [0.2, 0.25) is 0 Å². The summed E-state index contributed by atoms with van der Waals surface area (Å²) in [5.41, 5.74) is 5.96. The molecule has 1 rings (SSSR count). The standard InChI is InChI=1S/C11H19N3O2S/c1-11(2,3)8-14-17(15,16)10-5-4-9(6-12)13-7-10/h4-5,7,14H,6,8,12H2,1-3H3. The van der Waals surface area contributed by atoms with Crippen molar-refractivity contribution in [2.45, 2.75) is 32.2 Å². The van der Waals surface area contributed by atoms with Crippen molar-refractivity contribution in [3.63, 3.8) is 0 Å². The minimum Gasteiger partial charge on any atom is -0.325 e. The third-order valence-electron chi connectivity index (χ3n) is 2.11. The fourth-order valence-electron chi connectivity index (χ4n) is 1.09. The Kier molecular flexibility index (Phi) is 4.24. The molecule has 0 radical (unpaired) electrons. The zero-order valence-electron chi connectivity index (χ0n) is 10.4. The first-order valence-electron chi connectivity index (χ1n) is 5.39. The number of aromatic nitrogens is 1. The molecule has 0 amide bonds. The predicted octanol–water partition coefficient (Wildman–Crippen LogP) is 0.865. The van der Waals surface area contributed by atoms with E-state index >= 15 is 0 Å². The molecule has 5 nitrogen and oxygen atoms in total. The van der Waals surface area contributed by atoms with E-state index < -0.39 is 10.0 Å². The van der Waals surface area contributed by atoms with E-state index in [1.165, 1.54) is 12.3 Å². The minimum absolute atomic E-state index is 0.0995. The number of nitrogens with zero attached hydrogens (tertiary/aromatic N) is 1. The van der Waals surface area contributed by atoms with E-state index in [9.17, 15) is 8.42 Å². The van der Waals surface area contributed by atoms with Crippen LogP contribution in [0.1, 0.15) is 26.5 Å². The molecule has 0 bridgehead atoms. The van der Waals surface area contributed by atoms with E-state index in [0.717, 1.165) is 0 Å². The maximum Gasteiger partial charge on any atom is 0.242 e. The Labute approximate surface area is 102 Å². The predicted molar refractivity (Wildman–Crippen MR) is 66.8 cm³/mol. The van der Waals surface area contributed by atoms with Crippen molar-refractivity contribution in [3.8, 4) is 0 Å². The molecule has 0 aliphatic heterocycles. The Morgan fingerprint density at radius 1 is 1.35 bits per heavy atom. The van der Waals surface area contributed by atoms with Gasteiger partial charge in [0.2, 0.25) is 10.0 Å². The van der Waals surface area contributed by atoms with Crippen LogP contribution < -0.4 is 10.5 Å². The highest BCUT2D eigenvalue weighted by Crippen LogP contribution is 2.13. The Bertz CT molecular complexity index is 460. The molecule has 0 aromatic carbocycles. The number of rotatable bonds is 4. The van der Waals surface area contributed by atoms with Crippen molar-refractivity contribution in [1.82, 2.24) is 9.71 Å². The molecule has 0 aliphatic carbocycles. The zero-order valence-corrected chi connectivity index (χ0v) is 11.2. The fourth-order valence-corrected chi connectivity index (χ4v) is 2.31. The van der Waals surface area contributed by atoms with Crippen LogP contribution in [0.5, 0.6) is 0 Å². The Morgan fingerprint density at radius 3 is 2.41 bits per heavy atom. The largest absolute Gasteiger partial charge is 0.325 e. The Balaban J connectivity index is 2.82. The van der Waals surface area contributed by atoms with Gasteiger partial charge in [-0.25, -0.2) is 13.1 Å². The van der Waals surface area contributed by atoms with Crippen LogP contribution >= 0.6 is 0 Å². The van der Waals surface area contributed by atoms with Crippen molar-refractivity contribution in [2.24, 2.45) is 11.1 Å². The fraction of sp³-hybridized carbons (Fsp3) is 0.545. The second-order valence-electron chi connectivity index (χ2n) is 5.07. The molecular weight excluding hydrogens is 238 g/mol. The maximum absolute atomic E-state index is 11.9. The molecule has 1 aromatic rings. The third-order valence-corrected chi connectivity index (χ3v) is 3.50. The molecule has 0 fully saturated rings. The highest BCUT2D eigenvalue weighted by molar-refractivity contribution is 7.89. The molecule has 1 heterocycles. The van der Waals surface area contributed by atoms with Crippen molar-refractivity contribution in [3.05, 3.63) is 24.0 Å².